The van der Waals surface area contributed by atoms with Gasteiger partial charge in [-0.3, -0.25) is 0 Å². The quantitative estimate of drug-likeness (QED) is 0.561. The van der Waals surface area contributed by atoms with E-state index in [0.717, 1.165) is 0 Å². The van der Waals surface area contributed by atoms with Gasteiger partial charge in [-0.25, -0.2) is 4.79 Å². The fourth-order valence-electron chi connectivity index (χ4n) is 0.905. The van der Waals surface area contributed by atoms with Crippen molar-refractivity contribution in [2.75, 3.05) is 0 Å². The second kappa shape index (κ2) is 8.51. The number of carboxylic acid groups (broad SMARTS) is 1. The monoisotopic (exact) mass is 214 g/mol. The highest BCUT2D eigenvalue weighted by Crippen LogP contribution is 2.21. The molecule has 0 amide bonds. The van der Waals surface area contributed by atoms with Crippen molar-refractivity contribution in [3.8, 4) is 0 Å². The maximum atomic E-state index is 9.60. The Hall–Kier alpha value is -0.790. The normalized spacial score (nSPS) is 10.2. The molecule has 1 N–H and O–H groups in total. The van der Waals surface area contributed by atoms with Crippen LogP contribution in [0.2, 0.25) is 0 Å². The molecular formula is C13H26O2. The SMILES string of the molecule is C=C(C)C(=O)O.CCCCCC(C)(C)C. The summed E-state index contributed by atoms with van der Waals surface area (Å²) in [6.07, 6.45) is 5.52. The largest absolute Gasteiger partial charge is 0.478 e. The Morgan fingerprint density at radius 1 is 1.27 bits per heavy atom. The van der Waals surface area contributed by atoms with Gasteiger partial charge in [0.15, 0.2) is 0 Å². The minimum absolute atomic E-state index is 0.176. The Bertz CT molecular complexity index is 175. The summed E-state index contributed by atoms with van der Waals surface area (Å²) in [7, 11) is 0. The second-order valence-corrected chi connectivity index (χ2v) is 5.10. The van der Waals surface area contributed by atoms with E-state index in [1.807, 2.05) is 0 Å². The molecule has 0 aromatic carbocycles. The maximum Gasteiger partial charge on any atom is 0.330 e. The van der Waals surface area contributed by atoms with Gasteiger partial charge in [-0.05, 0) is 18.8 Å². The van der Waals surface area contributed by atoms with Crippen molar-refractivity contribution >= 4 is 5.97 Å². The van der Waals surface area contributed by atoms with E-state index >= 15 is 0 Å². The molecule has 2 heteroatoms. The molecule has 0 radical (unpaired) electrons. The Balaban J connectivity index is 0. The number of hydrogen-bond donors (Lipinski definition) is 1. The molecule has 0 aromatic heterocycles. The van der Waals surface area contributed by atoms with Gasteiger partial charge in [0, 0.05) is 5.57 Å². The van der Waals surface area contributed by atoms with Crippen molar-refractivity contribution < 1.29 is 9.90 Å². The van der Waals surface area contributed by atoms with Crippen LogP contribution in [0, 0.1) is 5.41 Å². The third-order valence-corrected chi connectivity index (χ3v) is 1.90. The van der Waals surface area contributed by atoms with Gasteiger partial charge in [-0.2, -0.15) is 0 Å². The van der Waals surface area contributed by atoms with Gasteiger partial charge < -0.3 is 5.11 Å². The van der Waals surface area contributed by atoms with Gasteiger partial charge in [0.2, 0.25) is 0 Å². The summed E-state index contributed by atoms with van der Waals surface area (Å²) in [6.45, 7) is 13.8. The van der Waals surface area contributed by atoms with Crippen LogP contribution < -0.4 is 0 Å². The van der Waals surface area contributed by atoms with Crippen LogP contribution in [0.3, 0.4) is 0 Å². The molecule has 0 fully saturated rings. The van der Waals surface area contributed by atoms with E-state index in [1.54, 1.807) is 0 Å². The molecule has 2 nitrogen and oxygen atoms in total. The minimum Gasteiger partial charge on any atom is -0.478 e. The van der Waals surface area contributed by atoms with Gasteiger partial charge in [0.25, 0.3) is 0 Å². The zero-order valence-corrected chi connectivity index (χ0v) is 10.9. The van der Waals surface area contributed by atoms with Gasteiger partial charge in [0.1, 0.15) is 0 Å². The zero-order valence-electron chi connectivity index (χ0n) is 10.9. The number of carboxylic acids is 1. The number of rotatable bonds is 4. The van der Waals surface area contributed by atoms with Crippen LogP contribution in [0.1, 0.15) is 60.3 Å². The first-order valence-electron chi connectivity index (χ1n) is 5.59. The second-order valence-electron chi connectivity index (χ2n) is 5.10. The molecule has 0 aliphatic rings. The molecule has 0 saturated heterocycles. The lowest BCUT2D eigenvalue weighted by atomic mass is 9.90. The van der Waals surface area contributed by atoms with E-state index in [4.69, 9.17) is 5.11 Å². The number of unbranched alkanes of at least 4 members (excludes halogenated alkanes) is 2. The third kappa shape index (κ3) is 19.6. The topological polar surface area (TPSA) is 37.3 Å². The van der Waals surface area contributed by atoms with Gasteiger partial charge in [-0.1, -0.05) is 53.5 Å². The van der Waals surface area contributed by atoms with E-state index in [-0.39, 0.29) is 5.57 Å². The summed E-state index contributed by atoms with van der Waals surface area (Å²) >= 11 is 0. The van der Waals surface area contributed by atoms with Crippen LogP contribution in [0.4, 0.5) is 0 Å². The Labute approximate surface area is 94.4 Å². The van der Waals surface area contributed by atoms with Crippen LogP contribution in [0.25, 0.3) is 0 Å². The smallest absolute Gasteiger partial charge is 0.330 e. The molecule has 0 aliphatic heterocycles. The summed E-state index contributed by atoms with van der Waals surface area (Å²) in [6, 6.07) is 0. The number of aliphatic carboxylic acids is 1. The van der Waals surface area contributed by atoms with Crippen LogP contribution in [0.5, 0.6) is 0 Å². The molecule has 0 heterocycles. The first kappa shape index (κ1) is 16.6. The van der Waals surface area contributed by atoms with Gasteiger partial charge >= 0.3 is 5.97 Å². The molecule has 0 spiro atoms. The Kier molecular flexibility index (Phi) is 9.44. The maximum absolute atomic E-state index is 9.60. The summed E-state index contributed by atoms with van der Waals surface area (Å²) in [4.78, 5) is 9.60. The number of carbonyl (C=O) groups is 1. The highest BCUT2D eigenvalue weighted by Gasteiger charge is 2.07. The van der Waals surface area contributed by atoms with Crippen molar-refractivity contribution in [3.63, 3.8) is 0 Å². The Morgan fingerprint density at radius 3 is 1.87 bits per heavy atom. The molecule has 0 bridgehead atoms. The van der Waals surface area contributed by atoms with Crippen molar-refractivity contribution in [1.82, 2.24) is 0 Å². The van der Waals surface area contributed by atoms with Crippen LogP contribution in [-0.4, -0.2) is 11.1 Å². The molecule has 15 heavy (non-hydrogen) atoms. The third-order valence-electron chi connectivity index (χ3n) is 1.90. The average molecular weight is 214 g/mol. The first-order valence-corrected chi connectivity index (χ1v) is 5.59. The van der Waals surface area contributed by atoms with E-state index in [9.17, 15) is 4.79 Å². The van der Waals surface area contributed by atoms with Crippen molar-refractivity contribution in [1.29, 1.82) is 0 Å². The summed E-state index contributed by atoms with van der Waals surface area (Å²) < 4.78 is 0. The zero-order chi connectivity index (χ0) is 12.5. The first-order chi connectivity index (χ1) is 6.70. The van der Waals surface area contributed by atoms with E-state index in [1.165, 1.54) is 32.6 Å². The molecule has 0 aliphatic carbocycles. The Morgan fingerprint density at radius 2 is 1.67 bits per heavy atom. The molecular weight excluding hydrogens is 188 g/mol. The molecule has 0 atom stereocenters. The van der Waals surface area contributed by atoms with Crippen molar-refractivity contribution in [2.24, 2.45) is 5.41 Å². The molecule has 0 aromatic rings. The van der Waals surface area contributed by atoms with Crippen molar-refractivity contribution in [2.45, 2.75) is 60.3 Å². The predicted molar refractivity (Wildman–Crippen MR) is 66.0 cm³/mol. The highest BCUT2D eigenvalue weighted by molar-refractivity contribution is 5.84. The van der Waals surface area contributed by atoms with Crippen LogP contribution >= 0.6 is 0 Å². The summed E-state index contributed by atoms with van der Waals surface area (Å²) in [5, 5.41) is 7.89. The summed E-state index contributed by atoms with van der Waals surface area (Å²) in [5.74, 6) is -0.935. The van der Waals surface area contributed by atoms with E-state index in [0.29, 0.717) is 5.41 Å². The van der Waals surface area contributed by atoms with Crippen LogP contribution in [-0.2, 0) is 4.79 Å². The van der Waals surface area contributed by atoms with Crippen LogP contribution in [0.15, 0.2) is 12.2 Å². The lowest BCUT2D eigenvalue weighted by Gasteiger charge is -2.16. The van der Waals surface area contributed by atoms with E-state index < -0.39 is 5.97 Å². The lowest BCUT2D eigenvalue weighted by Crippen LogP contribution is -2.03. The highest BCUT2D eigenvalue weighted by atomic mass is 16.4. The molecule has 0 saturated carbocycles. The number of hydrogen-bond acceptors (Lipinski definition) is 1. The van der Waals surface area contributed by atoms with Crippen molar-refractivity contribution in [3.05, 3.63) is 12.2 Å². The fourth-order valence-corrected chi connectivity index (χ4v) is 0.905. The molecule has 90 valence electrons. The van der Waals surface area contributed by atoms with E-state index in [2.05, 4.69) is 34.3 Å². The lowest BCUT2D eigenvalue weighted by molar-refractivity contribution is -0.132. The minimum atomic E-state index is -0.935. The molecule has 0 rings (SSSR count). The van der Waals surface area contributed by atoms with Gasteiger partial charge in [-0.15, -0.1) is 0 Å². The summed E-state index contributed by atoms with van der Waals surface area (Å²) in [5.41, 5.74) is 0.727. The fraction of sp³-hybridized carbons (Fsp3) is 0.769. The predicted octanol–water partition coefficient (Wildman–Crippen LogP) is 4.26. The average Bonchev–Trinajstić information content (AvgIpc) is 2.03. The standard InChI is InChI=1S/C9H20.C4H6O2/c1-5-6-7-8-9(2,3)4;1-3(2)4(5)6/h5-8H2,1-4H3;1H2,2H3,(H,5,6). The molecule has 0 unspecified atom stereocenters. The van der Waals surface area contributed by atoms with Gasteiger partial charge in [0.05, 0.1) is 0 Å².